The van der Waals surface area contributed by atoms with Crippen molar-refractivity contribution in [1.82, 2.24) is 9.99 Å². The molecule has 6 heteroatoms. The van der Waals surface area contributed by atoms with E-state index in [0.29, 0.717) is 16.9 Å². The van der Waals surface area contributed by atoms with Gasteiger partial charge in [0.25, 0.3) is 0 Å². The van der Waals surface area contributed by atoms with Gasteiger partial charge in [0.2, 0.25) is 5.72 Å². The molecule has 1 atom stereocenters. The van der Waals surface area contributed by atoms with Crippen molar-refractivity contribution >= 4 is 28.0 Å². The fraction of sp³-hybridized carbons (Fsp3) is 0.0769. The van der Waals surface area contributed by atoms with Crippen LogP contribution in [0.5, 0.6) is 0 Å². The van der Waals surface area contributed by atoms with Crippen LogP contribution in [-0.4, -0.2) is 21.4 Å². The smallest absolute Gasteiger partial charge is 0.225 e. The van der Waals surface area contributed by atoms with Crippen LogP contribution in [0.2, 0.25) is 0 Å². The molecular weight excluding hydrogens is 308 g/mol. The molecule has 2 aromatic rings. The molecule has 1 aliphatic heterocycles. The monoisotopic (exact) mass is 318 g/mol. The predicted molar refractivity (Wildman–Crippen MR) is 75.6 cm³/mol. The number of nitrogens with zero attached hydrogens (tertiary/aromatic N) is 3. The van der Waals surface area contributed by atoms with E-state index in [-0.39, 0.29) is 0 Å². The molecule has 2 heterocycles. The zero-order valence-corrected chi connectivity index (χ0v) is 11.4. The Labute approximate surface area is 118 Å². The molecule has 0 fully saturated rings. The third-order valence-electron chi connectivity index (χ3n) is 3.05. The number of halogens is 1. The molecule has 1 unspecified atom stereocenters. The van der Waals surface area contributed by atoms with Gasteiger partial charge in [-0.05, 0) is 30.3 Å². The summed E-state index contributed by atoms with van der Waals surface area (Å²) in [5, 5.41) is 12.2. The van der Waals surface area contributed by atoms with Gasteiger partial charge in [-0.15, -0.1) is 0 Å². The molecule has 3 rings (SSSR count). The van der Waals surface area contributed by atoms with E-state index in [4.69, 9.17) is 5.84 Å². The Bertz CT molecular complexity index is 646. The van der Waals surface area contributed by atoms with Crippen molar-refractivity contribution in [2.75, 3.05) is 0 Å². The molecule has 0 bridgehead atoms. The van der Waals surface area contributed by atoms with E-state index in [0.717, 1.165) is 9.48 Å². The Kier molecular flexibility index (Phi) is 2.85. The lowest BCUT2D eigenvalue weighted by molar-refractivity contribution is -0.0411. The van der Waals surface area contributed by atoms with Crippen molar-refractivity contribution in [3.8, 4) is 0 Å². The third kappa shape index (κ3) is 1.85. The molecule has 0 saturated carbocycles. The van der Waals surface area contributed by atoms with E-state index >= 15 is 0 Å². The van der Waals surface area contributed by atoms with Crippen LogP contribution in [0.1, 0.15) is 11.3 Å². The average Bonchev–Trinajstić information content (AvgIpc) is 2.44. The molecule has 0 saturated heterocycles. The number of hydrogen-bond acceptors (Lipinski definition) is 5. The van der Waals surface area contributed by atoms with Gasteiger partial charge in [-0.1, -0.05) is 22.0 Å². The first kappa shape index (κ1) is 12.3. The van der Waals surface area contributed by atoms with Gasteiger partial charge in [0.15, 0.2) is 0 Å². The summed E-state index contributed by atoms with van der Waals surface area (Å²) in [6, 6.07) is 10.8. The minimum absolute atomic E-state index is 0.447. The van der Waals surface area contributed by atoms with Crippen LogP contribution in [0.4, 0.5) is 5.69 Å². The maximum absolute atomic E-state index is 11.0. The first-order chi connectivity index (χ1) is 9.12. The SMILES string of the molecule is NN1C=Nc2ccc(Br)cc2C1(O)c1ccccn1. The lowest BCUT2D eigenvalue weighted by Crippen LogP contribution is -2.52. The maximum Gasteiger partial charge on any atom is 0.225 e. The van der Waals surface area contributed by atoms with Gasteiger partial charge in [0.05, 0.1) is 11.4 Å². The average molecular weight is 319 g/mol. The van der Waals surface area contributed by atoms with E-state index in [1.54, 1.807) is 30.5 Å². The summed E-state index contributed by atoms with van der Waals surface area (Å²) < 4.78 is 0.839. The Balaban J connectivity index is 2.26. The van der Waals surface area contributed by atoms with Gasteiger partial charge in [-0.3, -0.25) is 9.99 Å². The summed E-state index contributed by atoms with van der Waals surface area (Å²) in [4.78, 5) is 8.41. The largest absolute Gasteiger partial charge is 0.361 e. The van der Waals surface area contributed by atoms with E-state index in [9.17, 15) is 5.11 Å². The van der Waals surface area contributed by atoms with Gasteiger partial charge >= 0.3 is 0 Å². The number of aromatic nitrogens is 1. The molecule has 0 radical (unpaired) electrons. The molecule has 5 nitrogen and oxygen atoms in total. The second-order valence-electron chi connectivity index (χ2n) is 4.20. The second kappa shape index (κ2) is 4.41. The van der Waals surface area contributed by atoms with Crippen LogP contribution in [0.25, 0.3) is 0 Å². The zero-order chi connectivity index (χ0) is 13.5. The summed E-state index contributed by atoms with van der Waals surface area (Å²) in [7, 11) is 0. The fourth-order valence-electron chi connectivity index (χ4n) is 2.09. The van der Waals surface area contributed by atoms with Crippen molar-refractivity contribution in [2.24, 2.45) is 10.8 Å². The summed E-state index contributed by atoms with van der Waals surface area (Å²) in [5.74, 6) is 5.89. The molecule has 19 heavy (non-hydrogen) atoms. The number of hydrazine groups is 1. The first-order valence-corrected chi connectivity index (χ1v) is 6.44. The van der Waals surface area contributed by atoms with Gasteiger partial charge in [-0.25, -0.2) is 10.8 Å². The van der Waals surface area contributed by atoms with Crippen LogP contribution in [-0.2, 0) is 5.72 Å². The van der Waals surface area contributed by atoms with Crippen molar-refractivity contribution in [1.29, 1.82) is 0 Å². The molecule has 0 amide bonds. The van der Waals surface area contributed by atoms with Crippen LogP contribution in [0, 0.1) is 0 Å². The highest BCUT2D eigenvalue weighted by Gasteiger charge is 2.41. The highest BCUT2D eigenvalue weighted by Crippen LogP contribution is 2.39. The van der Waals surface area contributed by atoms with Gasteiger partial charge in [0, 0.05) is 16.2 Å². The van der Waals surface area contributed by atoms with Crippen LogP contribution in [0.3, 0.4) is 0 Å². The molecule has 96 valence electrons. The van der Waals surface area contributed by atoms with Crippen LogP contribution in [0.15, 0.2) is 52.1 Å². The van der Waals surface area contributed by atoms with Crippen LogP contribution >= 0.6 is 15.9 Å². The molecule has 1 aromatic heterocycles. The zero-order valence-electron chi connectivity index (χ0n) is 9.86. The van der Waals surface area contributed by atoms with Gasteiger partial charge in [0.1, 0.15) is 6.34 Å². The number of rotatable bonds is 1. The highest BCUT2D eigenvalue weighted by atomic mass is 79.9. The summed E-state index contributed by atoms with van der Waals surface area (Å²) >= 11 is 3.39. The second-order valence-corrected chi connectivity index (χ2v) is 5.12. The Hall–Kier alpha value is -1.76. The van der Waals surface area contributed by atoms with E-state index in [1.807, 2.05) is 12.1 Å². The van der Waals surface area contributed by atoms with E-state index in [2.05, 4.69) is 25.9 Å². The normalized spacial score (nSPS) is 21.3. The summed E-state index contributed by atoms with van der Waals surface area (Å²) in [6.45, 7) is 0. The molecule has 0 spiro atoms. The minimum atomic E-state index is -1.53. The van der Waals surface area contributed by atoms with Gasteiger partial charge < -0.3 is 5.11 Å². The van der Waals surface area contributed by atoms with Crippen molar-refractivity contribution in [3.63, 3.8) is 0 Å². The first-order valence-electron chi connectivity index (χ1n) is 5.64. The Morgan fingerprint density at radius 2 is 2.11 bits per heavy atom. The summed E-state index contributed by atoms with van der Waals surface area (Å²) in [6.07, 6.45) is 3.01. The Morgan fingerprint density at radius 1 is 1.26 bits per heavy atom. The van der Waals surface area contributed by atoms with Crippen molar-refractivity contribution in [2.45, 2.75) is 5.72 Å². The quantitative estimate of drug-likeness (QED) is 0.787. The van der Waals surface area contributed by atoms with Crippen LogP contribution < -0.4 is 5.84 Å². The fourth-order valence-corrected chi connectivity index (χ4v) is 2.45. The lowest BCUT2D eigenvalue weighted by atomic mass is 9.95. The number of nitrogens with two attached hydrogens (primary N) is 1. The molecular formula is C13H11BrN4O. The van der Waals surface area contributed by atoms with Gasteiger partial charge in [-0.2, -0.15) is 0 Å². The lowest BCUT2D eigenvalue weighted by Gasteiger charge is -2.38. The number of hydrogen-bond donors (Lipinski definition) is 2. The number of benzene rings is 1. The number of aliphatic hydroxyl groups is 1. The topological polar surface area (TPSA) is 74.7 Å². The molecule has 0 aliphatic carbocycles. The van der Waals surface area contributed by atoms with Crippen molar-refractivity contribution < 1.29 is 5.11 Å². The molecule has 3 N–H and O–H groups in total. The number of aliphatic imine (C=N–C) groups is 1. The van der Waals surface area contributed by atoms with Crippen molar-refractivity contribution in [3.05, 3.63) is 58.3 Å². The third-order valence-corrected chi connectivity index (χ3v) is 3.54. The highest BCUT2D eigenvalue weighted by molar-refractivity contribution is 9.10. The molecule has 1 aliphatic rings. The van der Waals surface area contributed by atoms with E-state index in [1.165, 1.54) is 6.34 Å². The Morgan fingerprint density at radius 3 is 2.84 bits per heavy atom. The number of pyridine rings is 1. The molecule has 1 aromatic carbocycles. The van der Waals surface area contributed by atoms with E-state index < -0.39 is 5.72 Å². The number of fused-ring (bicyclic) bond motifs is 1. The standard InChI is InChI=1S/C13H11BrN4O/c14-9-4-5-11-10(7-9)13(19,18(15)8-17-11)12-3-1-2-6-16-12/h1-8,19H,15H2. The maximum atomic E-state index is 11.0. The minimum Gasteiger partial charge on any atom is -0.361 e. The predicted octanol–water partition coefficient (Wildman–Crippen LogP) is 1.89. The summed E-state index contributed by atoms with van der Waals surface area (Å²) in [5.41, 5.74) is 0.175.